The lowest BCUT2D eigenvalue weighted by Crippen LogP contribution is -2.36. The van der Waals surface area contributed by atoms with Crippen molar-refractivity contribution in [3.8, 4) is 0 Å². The fourth-order valence-corrected chi connectivity index (χ4v) is 1.50. The Bertz CT molecular complexity index is 421. The van der Waals surface area contributed by atoms with E-state index in [4.69, 9.17) is 5.73 Å². The average Bonchev–Trinajstić information content (AvgIpc) is 2.37. The largest absolute Gasteiger partial charge is 0.366 e. The summed E-state index contributed by atoms with van der Waals surface area (Å²) in [6.07, 6.45) is 0. The van der Waals surface area contributed by atoms with Gasteiger partial charge in [0, 0.05) is 18.7 Å². The molecule has 1 rings (SSSR count). The number of nitrogens with zero attached hydrogens (tertiary/aromatic N) is 1. The molecule has 0 aliphatic carbocycles. The lowest BCUT2D eigenvalue weighted by molar-refractivity contribution is 0.1000. The number of hydrogen-bond acceptors (Lipinski definition) is 2. The number of rotatable bonds is 5. The van der Waals surface area contributed by atoms with E-state index in [2.05, 4.69) is 15.6 Å². The van der Waals surface area contributed by atoms with Crippen LogP contribution in [-0.2, 0) is 6.54 Å². The molecule has 1 aromatic carbocycles. The first-order chi connectivity index (χ1) is 8.67. The van der Waals surface area contributed by atoms with E-state index < -0.39 is 5.91 Å². The van der Waals surface area contributed by atoms with Gasteiger partial charge < -0.3 is 16.4 Å². The van der Waals surface area contributed by atoms with Crippen molar-refractivity contribution < 1.29 is 4.79 Å². The van der Waals surface area contributed by atoms with Gasteiger partial charge in [0.05, 0.1) is 6.54 Å². The molecule has 4 N–H and O–H groups in total. The molecular weight excluding hydrogens is 228 g/mol. The molecule has 0 aliphatic heterocycles. The van der Waals surface area contributed by atoms with Crippen LogP contribution in [0.3, 0.4) is 0 Å². The van der Waals surface area contributed by atoms with Crippen molar-refractivity contribution >= 4 is 11.9 Å². The number of nitrogens with two attached hydrogens (primary N) is 1. The first kappa shape index (κ1) is 14.0. The van der Waals surface area contributed by atoms with Gasteiger partial charge >= 0.3 is 0 Å². The quantitative estimate of drug-likeness (QED) is 0.534. The number of carbonyl (C=O) groups excluding carboxylic acids is 1. The van der Waals surface area contributed by atoms with Crippen molar-refractivity contribution in [3.05, 3.63) is 35.4 Å². The topological polar surface area (TPSA) is 79.5 Å². The van der Waals surface area contributed by atoms with Crippen molar-refractivity contribution in [1.82, 2.24) is 10.6 Å². The summed E-state index contributed by atoms with van der Waals surface area (Å²) in [4.78, 5) is 15.5. The van der Waals surface area contributed by atoms with Crippen LogP contribution in [0.15, 0.2) is 29.3 Å². The van der Waals surface area contributed by atoms with E-state index >= 15 is 0 Å². The number of benzene rings is 1. The van der Waals surface area contributed by atoms with Crippen LogP contribution in [0.2, 0.25) is 0 Å². The minimum Gasteiger partial charge on any atom is -0.366 e. The van der Waals surface area contributed by atoms with Gasteiger partial charge in [-0.2, -0.15) is 0 Å². The number of guanidine groups is 1. The maximum Gasteiger partial charge on any atom is 0.248 e. The standard InChI is InChI=1S/C13H20N4O/c1-3-15-13(16-4-2)17-9-10-6-5-7-11(8-10)12(14)18/h5-8H,3-4,9H2,1-2H3,(H2,14,18)(H2,15,16,17). The molecule has 0 unspecified atom stereocenters. The zero-order valence-corrected chi connectivity index (χ0v) is 10.9. The molecule has 18 heavy (non-hydrogen) atoms. The van der Waals surface area contributed by atoms with Crippen LogP contribution < -0.4 is 16.4 Å². The summed E-state index contributed by atoms with van der Waals surface area (Å²) >= 11 is 0. The second-order valence-corrected chi connectivity index (χ2v) is 3.79. The Morgan fingerprint density at radius 2 is 1.94 bits per heavy atom. The van der Waals surface area contributed by atoms with E-state index in [0.717, 1.165) is 24.6 Å². The maximum absolute atomic E-state index is 11.1. The smallest absolute Gasteiger partial charge is 0.248 e. The van der Waals surface area contributed by atoms with E-state index in [0.29, 0.717) is 12.1 Å². The molecule has 1 aromatic rings. The highest BCUT2D eigenvalue weighted by atomic mass is 16.1. The first-order valence-electron chi connectivity index (χ1n) is 6.08. The Kier molecular flexibility index (Phi) is 5.70. The predicted molar refractivity (Wildman–Crippen MR) is 73.5 cm³/mol. The Balaban J connectivity index is 2.73. The van der Waals surface area contributed by atoms with Gasteiger partial charge in [-0.25, -0.2) is 4.99 Å². The van der Waals surface area contributed by atoms with Gasteiger partial charge in [0.2, 0.25) is 5.91 Å². The molecule has 0 heterocycles. The third-order valence-corrected chi connectivity index (χ3v) is 2.32. The van der Waals surface area contributed by atoms with Crippen LogP contribution in [0.5, 0.6) is 0 Å². The van der Waals surface area contributed by atoms with E-state index in [-0.39, 0.29) is 0 Å². The predicted octanol–water partition coefficient (Wildman–Crippen LogP) is 0.861. The SMILES string of the molecule is CCNC(=NCc1cccc(C(N)=O)c1)NCC. The molecule has 0 aliphatic rings. The number of primary amides is 1. The van der Waals surface area contributed by atoms with Crippen molar-refractivity contribution in [2.75, 3.05) is 13.1 Å². The molecule has 98 valence electrons. The van der Waals surface area contributed by atoms with Crippen LogP contribution in [-0.4, -0.2) is 25.0 Å². The van der Waals surface area contributed by atoms with E-state index in [1.807, 2.05) is 26.0 Å². The Morgan fingerprint density at radius 3 is 2.50 bits per heavy atom. The third-order valence-electron chi connectivity index (χ3n) is 2.32. The van der Waals surface area contributed by atoms with Crippen molar-refractivity contribution in [3.63, 3.8) is 0 Å². The molecule has 5 nitrogen and oxygen atoms in total. The Hall–Kier alpha value is -2.04. The lowest BCUT2D eigenvalue weighted by atomic mass is 10.1. The van der Waals surface area contributed by atoms with E-state index in [9.17, 15) is 4.79 Å². The molecular formula is C13H20N4O. The summed E-state index contributed by atoms with van der Waals surface area (Å²) in [5.41, 5.74) is 6.70. The maximum atomic E-state index is 11.1. The van der Waals surface area contributed by atoms with Gasteiger partial charge in [0.25, 0.3) is 0 Å². The summed E-state index contributed by atoms with van der Waals surface area (Å²) in [5.74, 6) is 0.351. The number of nitrogens with one attached hydrogen (secondary N) is 2. The molecule has 0 atom stereocenters. The fourth-order valence-electron chi connectivity index (χ4n) is 1.50. The van der Waals surface area contributed by atoms with Crippen molar-refractivity contribution in [2.24, 2.45) is 10.7 Å². The zero-order valence-electron chi connectivity index (χ0n) is 10.9. The molecule has 5 heteroatoms. The summed E-state index contributed by atoms with van der Waals surface area (Å²) in [5, 5.41) is 6.28. The monoisotopic (exact) mass is 248 g/mol. The minimum atomic E-state index is -0.417. The summed E-state index contributed by atoms with van der Waals surface area (Å²) in [6.45, 7) is 6.16. The van der Waals surface area contributed by atoms with Crippen LogP contribution >= 0.6 is 0 Å². The summed E-state index contributed by atoms with van der Waals surface area (Å²) in [6, 6.07) is 7.20. The molecule has 0 fully saturated rings. The fraction of sp³-hybridized carbons (Fsp3) is 0.385. The highest BCUT2D eigenvalue weighted by molar-refractivity contribution is 5.92. The van der Waals surface area contributed by atoms with Crippen molar-refractivity contribution in [1.29, 1.82) is 0 Å². The highest BCUT2D eigenvalue weighted by Gasteiger charge is 2.01. The van der Waals surface area contributed by atoms with Crippen molar-refractivity contribution in [2.45, 2.75) is 20.4 Å². The van der Waals surface area contributed by atoms with Gasteiger partial charge in [-0.15, -0.1) is 0 Å². The molecule has 0 saturated heterocycles. The molecule has 0 radical (unpaired) electrons. The Morgan fingerprint density at radius 1 is 1.28 bits per heavy atom. The summed E-state index contributed by atoms with van der Waals surface area (Å²) in [7, 11) is 0. The minimum absolute atomic E-state index is 0.417. The van der Waals surface area contributed by atoms with Gasteiger partial charge in [-0.05, 0) is 31.5 Å². The number of aliphatic imine (C=N–C) groups is 1. The van der Waals surface area contributed by atoms with E-state index in [1.54, 1.807) is 12.1 Å². The van der Waals surface area contributed by atoms with Gasteiger partial charge in [-0.3, -0.25) is 4.79 Å². The molecule has 0 saturated carbocycles. The van der Waals surface area contributed by atoms with Crippen LogP contribution in [0.25, 0.3) is 0 Å². The van der Waals surface area contributed by atoms with Gasteiger partial charge in [-0.1, -0.05) is 12.1 Å². The third kappa shape index (κ3) is 4.45. The number of amides is 1. The molecule has 0 spiro atoms. The summed E-state index contributed by atoms with van der Waals surface area (Å²) < 4.78 is 0. The number of carbonyl (C=O) groups is 1. The second kappa shape index (κ2) is 7.32. The normalized spacial score (nSPS) is 9.67. The first-order valence-corrected chi connectivity index (χ1v) is 6.08. The van der Waals surface area contributed by atoms with Crippen LogP contribution in [0, 0.1) is 0 Å². The lowest BCUT2D eigenvalue weighted by Gasteiger charge is -2.09. The Labute approximate surface area is 107 Å². The second-order valence-electron chi connectivity index (χ2n) is 3.79. The van der Waals surface area contributed by atoms with E-state index in [1.165, 1.54) is 0 Å². The highest BCUT2D eigenvalue weighted by Crippen LogP contribution is 2.05. The van der Waals surface area contributed by atoms with Crippen LogP contribution in [0.4, 0.5) is 0 Å². The zero-order chi connectivity index (χ0) is 13.4. The molecule has 0 bridgehead atoms. The number of hydrogen-bond donors (Lipinski definition) is 3. The van der Waals surface area contributed by atoms with Gasteiger partial charge in [0.15, 0.2) is 5.96 Å². The average molecular weight is 248 g/mol. The van der Waals surface area contributed by atoms with Crippen LogP contribution in [0.1, 0.15) is 29.8 Å². The molecule has 1 amide bonds. The van der Waals surface area contributed by atoms with Gasteiger partial charge in [0.1, 0.15) is 0 Å². The molecule has 0 aromatic heterocycles.